The third kappa shape index (κ3) is 2.61. The molecule has 0 aromatic rings. The lowest BCUT2D eigenvalue weighted by Crippen LogP contribution is -2.11. The van der Waals surface area contributed by atoms with E-state index in [2.05, 4.69) is 61.6 Å². The number of allylic oxidation sites excluding steroid dienone is 4. The maximum Gasteiger partial charge on any atom is 0.00614 e. The van der Waals surface area contributed by atoms with Crippen molar-refractivity contribution in [3.8, 4) is 0 Å². The Balaban J connectivity index is 2.64. The second-order valence-corrected chi connectivity index (χ2v) is 5.30. The summed E-state index contributed by atoms with van der Waals surface area (Å²) in [5.41, 5.74) is 1.82. The first-order valence-electron chi connectivity index (χ1n) is 4.49. The number of alkyl halides is 1. The molecule has 1 heteroatoms. The predicted molar refractivity (Wildman–Crippen MR) is 63.7 cm³/mol. The molecule has 0 heterocycles. The van der Waals surface area contributed by atoms with Crippen molar-refractivity contribution in [1.29, 1.82) is 0 Å². The van der Waals surface area contributed by atoms with Crippen LogP contribution in [0.3, 0.4) is 0 Å². The van der Waals surface area contributed by atoms with Gasteiger partial charge in [0.1, 0.15) is 0 Å². The highest BCUT2D eigenvalue weighted by Gasteiger charge is 2.17. The molecular formula is C11H17I. The van der Waals surface area contributed by atoms with Gasteiger partial charge < -0.3 is 0 Å². The van der Waals surface area contributed by atoms with E-state index < -0.39 is 0 Å². The van der Waals surface area contributed by atoms with Crippen LogP contribution in [0.25, 0.3) is 0 Å². The molecule has 0 N–H and O–H groups in total. The van der Waals surface area contributed by atoms with Crippen LogP contribution < -0.4 is 0 Å². The zero-order valence-corrected chi connectivity index (χ0v) is 10.3. The molecule has 0 saturated heterocycles. The summed E-state index contributed by atoms with van der Waals surface area (Å²) in [4.78, 5) is 0. The van der Waals surface area contributed by atoms with Gasteiger partial charge in [0.2, 0.25) is 0 Å². The van der Waals surface area contributed by atoms with Crippen molar-refractivity contribution < 1.29 is 0 Å². The van der Waals surface area contributed by atoms with Gasteiger partial charge in [-0.3, -0.25) is 0 Å². The van der Waals surface area contributed by atoms with Gasteiger partial charge in [-0.25, -0.2) is 0 Å². The lowest BCUT2D eigenvalue weighted by molar-refractivity contribution is 0.508. The fourth-order valence-corrected chi connectivity index (χ4v) is 1.99. The Morgan fingerprint density at radius 3 is 2.50 bits per heavy atom. The quantitative estimate of drug-likeness (QED) is 0.502. The van der Waals surface area contributed by atoms with Crippen LogP contribution in [-0.2, 0) is 0 Å². The Morgan fingerprint density at radius 1 is 1.50 bits per heavy atom. The van der Waals surface area contributed by atoms with Crippen molar-refractivity contribution in [3.63, 3.8) is 0 Å². The number of halogens is 1. The number of hydrogen-bond acceptors (Lipinski definition) is 0. The van der Waals surface area contributed by atoms with Crippen LogP contribution in [-0.4, -0.2) is 4.43 Å². The van der Waals surface area contributed by atoms with Gasteiger partial charge in [-0.15, -0.1) is 0 Å². The molecule has 0 fully saturated rings. The van der Waals surface area contributed by atoms with Crippen molar-refractivity contribution in [2.75, 3.05) is 4.43 Å². The van der Waals surface area contributed by atoms with Gasteiger partial charge >= 0.3 is 0 Å². The molecule has 1 aliphatic carbocycles. The maximum atomic E-state index is 2.45. The van der Waals surface area contributed by atoms with Gasteiger partial charge in [-0.05, 0) is 23.3 Å². The Labute approximate surface area is 89.3 Å². The summed E-state index contributed by atoms with van der Waals surface area (Å²) in [5, 5.41) is 0. The van der Waals surface area contributed by atoms with E-state index >= 15 is 0 Å². The van der Waals surface area contributed by atoms with E-state index in [-0.39, 0.29) is 0 Å². The van der Waals surface area contributed by atoms with Crippen molar-refractivity contribution in [2.45, 2.75) is 27.2 Å². The lowest BCUT2D eigenvalue weighted by Gasteiger charge is -2.24. The molecule has 1 rings (SSSR count). The number of hydrogen-bond donors (Lipinski definition) is 0. The molecule has 1 unspecified atom stereocenters. The fraction of sp³-hybridized carbons (Fsp3) is 0.636. The zero-order chi connectivity index (χ0) is 9.19. The lowest BCUT2D eigenvalue weighted by atomic mass is 9.82. The molecule has 0 nitrogen and oxygen atoms in total. The first-order valence-corrected chi connectivity index (χ1v) is 6.01. The summed E-state index contributed by atoms with van der Waals surface area (Å²) >= 11 is 2.45. The molecule has 12 heavy (non-hydrogen) atoms. The molecule has 1 aliphatic rings. The minimum atomic E-state index is 0.326. The van der Waals surface area contributed by atoms with Crippen molar-refractivity contribution in [1.82, 2.24) is 0 Å². The number of rotatable bonds is 1. The molecule has 0 saturated carbocycles. The van der Waals surface area contributed by atoms with Crippen LogP contribution >= 0.6 is 22.6 Å². The summed E-state index contributed by atoms with van der Waals surface area (Å²) in [5.74, 6) is 0.775. The van der Waals surface area contributed by atoms with Gasteiger partial charge in [-0.2, -0.15) is 0 Å². The molecule has 0 amide bonds. The first-order chi connectivity index (χ1) is 5.54. The van der Waals surface area contributed by atoms with Crippen LogP contribution in [0, 0.1) is 11.3 Å². The van der Waals surface area contributed by atoms with Crippen molar-refractivity contribution in [3.05, 3.63) is 23.8 Å². The topological polar surface area (TPSA) is 0 Å². The SMILES string of the molecule is CC(C)(C)C1=CCC(CI)C=C1. The van der Waals surface area contributed by atoms with E-state index in [4.69, 9.17) is 0 Å². The highest BCUT2D eigenvalue weighted by molar-refractivity contribution is 14.1. The van der Waals surface area contributed by atoms with Gasteiger partial charge in [-0.1, -0.05) is 61.6 Å². The molecule has 0 spiro atoms. The normalized spacial score (nSPS) is 24.0. The van der Waals surface area contributed by atoms with E-state index in [0.29, 0.717) is 5.41 Å². The molecule has 0 radical (unpaired) electrons. The average molecular weight is 276 g/mol. The summed E-state index contributed by atoms with van der Waals surface area (Å²) in [6.07, 6.45) is 8.27. The molecule has 0 aliphatic heterocycles. The molecule has 0 bridgehead atoms. The second kappa shape index (κ2) is 3.95. The Hall–Kier alpha value is 0.210. The fourth-order valence-electron chi connectivity index (χ4n) is 1.34. The van der Waals surface area contributed by atoms with Gasteiger partial charge in [0.25, 0.3) is 0 Å². The Morgan fingerprint density at radius 2 is 2.17 bits per heavy atom. The van der Waals surface area contributed by atoms with Gasteiger partial charge in [0, 0.05) is 4.43 Å². The molecule has 0 aromatic carbocycles. The van der Waals surface area contributed by atoms with E-state index in [0.717, 1.165) is 5.92 Å². The van der Waals surface area contributed by atoms with E-state index in [9.17, 15) is 0 Å². The Bertz CT molecular complexity index is 206. The molecular weight excluding hydrogens is 259 g/mol. The van der Waals surface area contributed by atoms with Gasteiger partial charge in [0.15, 0.2) is 0 Å². The van der Waals surface area contributed by atoms with Crippen molar-refractivity contribution in [2.24, 2.45) is 11.3 Å². The van der Waals surface area contributed by atoms with Gasteiger partial charge in [0.05, 0.1) is 0 Å². The summed E-state index contributed by atoms with van der Waals surface area (Å²) < 4.78 is 1.24. The van der Waals surface area contributed by atoms with Crippen LogP contribution in [0.15, 0.2) is 23.8 Å². The molecule has 1 atom stereocenters. The predicted octanol–water partition coefficient (Wildman–Crippen LogP) is 3.97. The van der Waals surface area contributed by atoms with Crippen LogP contribution in [0.5, 0.6) is 0 Å². The molecule has 68 valence electrons. The summed E-state index contributed by atoms with van der Waals surface area (Å²) in [6, 6.07) is 0. The van der Waals surface area contributed by atoms with E-state index in [1.165, 1.54) is 16.4 Å². The minimum absolute atomic E-state index is 0.326. The monoisotopic (exact) mass is 276 g/mol. The summed E-state index contributed by atoms with van der Waals surface area (Å²) in [7, 11) is 0. The highest BCUT2D eigenvalue weighted by Crippen LogP contribution is 2.31. The largest absolute Gasteiger partial charge is 0.0857 e. The van der Waals surface area contributed by atoms with Crippen LogP contribution in [0.1, 0.15) is 27.2 Å². The smallest absolute Gasteiger partial charge is 0.00614 e. The summed E-state index contributed by atoms with van der Waals surface area (Å²) in [6.45, 7) is 6.81. The van der Waals surface area contributed by atoms with Crippen LogP contribution in [0.2, 0.25) is 0 Å². The first kappa shape index (κ1) is 10.3. The molecule has 0 aromatic heterocycles. The third-order valence-electron chi connectivity index (χ3n) is 2.25. The standard InChI is InChI=1S/C11H17I/c1-11(2,3)10-6-4-9(8-12)5-7-10/h4,6-7,9H,5,8H2,1-3H3. The van der Waals surface area contributed by atoms with Crippen LogP contribution in [0.4, 0.5) is 0 Å². The van der Waals surface area contributed by atoms with E-state index in [1.807, 2.05) is 0 Å². The van der Waals surface area contributed by atoms with Crippen molar-refractivity contribution >= 4 is 22.6 Å². The minimum Gasteiger partial charge on any atom is -0.0857 e. The third-order valence-corrected chi connectivity index (χ3v) is 3.38. The Kier molecular flexibility index (Phi) is 3.38. The maximum absolute atomic E-state index is 2.45. The average Bonchev–Trinajstić information content (AvgIpc) is 2.03. The zero-order valence-electron chi connectivity index (χ0n) is 8.10. The second-order valence-electron chi connectivity index (χ2n) is 4.42. The highest BCUT2D eigenvalue weighted by atomic mass is 127. The van der Waals surface area contributed by atoms with E-state index in [1.54, 1.807) is 0 Å².